The number of carbonyl (C=O) groups excluding carboxylic acids is 1. The van der Waals surface area contributed by atoms with Crippen LogP contribution in [0.3, 0.4) is 0 Å². The Bertz CT molecular complexity index is 2880. The summed E-state index contributed by atoms with van der Waals surface area (Å²) >= 11 is 6.59. The fraction of sp³-hybridized carbons (Fsp3) is 0.342. The van der Waals surface area contributed by atoms with Crippen LogP contribution in [0, 0.1) is 17.6 Å². The van der Waals surface area contributed by atoms with Crippen molar-refractivity contribution in [3.8, 4) is 11.4 Å². The van der Waals surface area contributed by atoms with Gasteiger partial charge in [0.25, 0.3) is 17.9 Å². The van der Waals surface area contributed by atoms with E-state index in [2.05, 4.69) is 20.2 Å². The molecule has 0 unspecified atom stereocenters. The Morgan fingerprint density at radius 2 is 1.78 bits per heavy atom. The number of carbonyl (C=O) groups is 1. The van der Waals surface area contributed by atoms with Gasteiger partial charge in [0, 0.05) is 37.1 Å². The molecule has 6 aromatic rings. The van der Waals surface area contributed by atoms with E-state index >= 15 is 8.78 Å². The summed E-state index contributed by atoms with van der Waals surface area (Å²) in [5.41, 5.74) is -2.49. The summed E-state index contributed by atoms with van der Waals surface area (Å²) in [5, 5.41) is 10.8. The van der Waals surface area contributed by atoms with Crippen molar-refractivity contribution in [2.75, 3.05) is 11.0 Å². The lowest BCUT2D eigenvalue weighted by Gasteiger charge is -2.24. The Kier molecular flexibility index (Phi) is 9.72. The van der Waals surface area contributed by atoms with Crippen molar-refractivity contribution in [1.29, 1.82) is 0 Å². The fourth-order valence-corrected chi connectivity index (χ4v) is 8.64. The van der Waals surface area contributed by atoms with Gasteiger partial charge in [0.05, 0.1) is 50.9 Å². The largest absolute Gasteiger partial charge is 0.491 e. The molecule has 3 heterocycles. The van der Waals surface area contributed by atoms with Crippen LogP contribution in [-0.4, -0.2) is 55.8 Å². The zero-order valence-corrected chi connectivity index (χ0v) is 33.0. The molecular formula is C38H33ClF6N8O5S. The number of halogens is 7. The number of amides is 1. The van der Waals surface area contributed by atoms with Gasteiger partial charge in [0.2, 0.25) is 15.9 Å². The molecular weight excluding hydrogens is 830 g/mol. The van der Waals surface area contributed by atoms with Crippen molar-refractivity contribution in [2.45, 2.75) is 63.6 Å². The van der Waals surface area contributed by atoms with Gasteiger partial charge in [-0.2, -0.15) is 19.0 Å². The Labute approximate surface area is 336 Å². The number of aryl methyl sites for hydroxylation is 1. The van der Waals surface area contributed by atoms with E-state index in [1.54, 1.807) is 13.8 Å². The fourth-order valence-electron chi connectivity index (χ4n) is 7.91. The van der Waals surface area contributed by atoms with Crippen LogP contribution < -0.4 is 20.3 Å². The highest BCUT2D eigenvalue weighted by atomic mass is 35.5. The van der Waals surface area contributed by atoms with Gasteiger partial charge in [0.15, 0.2) is 5.82 Å². The number of hydrogen-bond acceptors (Lipinski definition) is 8. The third-order valence-corrected chi connectivity index (χ3v) is 11.0. The molecule has 0 radical (unpaired) electrons. The maximum Gasteiger partial charge on any atom is 0.293 e. The molecule has 3 aromatic carbocycles. The first-order valence-electron chi connectivity index (χ1n) is 18.1. The minimum absolute atomic E-state index is 0.000591. The van der Waals surface area contributed by atoms with E-state index in [1.165, 1.54) is 42.1 Å². The number of rotatable bonds is 12. The molecule has 0 spiro atoms. The molecule has 8 rings (SSSR count). The number of hydrogen-bond donors (Lipinski definition) is 2. The quantitative estimate of drug-likeness (QED) is 0.127. The van der Waals surface area contributed by atoms with E-state index < -0.39 is 87.7 Å². The monoisotopic (exact) mass is 862 g/mol. The van der Waals surface area contributed by atoms with Gasteiger partial charge in [0.1, 0.15) is 41.1 Å². The maximum atomic E-state index is 15.5. The Balaban J connectivity index is 1.33. The van der Waals surface area contributed by atoms with Crippen molar-refractivity contribution >= 4 is 55.2 Å². The zero-order valence-electron chi connectivity index (χ0n) is 31.4. The van der Waals surface area contributed by atoms with Crippen molar-refractivity contribution in [2.24, 2.45) is 13.0 Å². The van der Waals surface area contributed by atoms with E-state index in [9.17, 15) is 35.6 Å². The first kappa shape index (κ1) is 40.2. The summed E-state index contributed by atoms with van der Waals surface area (Å²) in [5.74, 6) is -8.68. The molecule has 3 aromatic heterocycles. The Morgan fingerprint density at radius 1 is 1.07 bits per heavy atom. The molecule has 3 atom stereocenters. The van der Waals surface area contributed by atoms with Crippen LogP contribution in [-0.2, 0) is 40.8 Å². The standard InChI is InChI=1S/C38H33ClF6N8O5S/c1-16(2)58-20-5-6-21-25(13-20)47-36(53(37(21)55)27-8-7-24(39)30-32(27)51(3)49-35(30)50-59(4,56)57)26(11-17-9-18(40)12-19(41)10-17)46-28(54)15-52-33-29(31(48-52)34(42)43)22-14-23(22)38(33,44)45/h5-10,12-13,16,22-23,26,34H,11,14-15H2,1-4H3,(H,46,54)(H,49,50)/t22-,23+,26-/m0/s1. The molecule has 59 heavy (non-hydrogen) atoms. The average molecular weight is 863 g/mol. The molecule has 0 aliphatic heterocycles. The van der Waals surface area contributed by atoms with Crippen LogP contribution in [0.2, 0.25) is 5.02 Å². The van der Waals surface area contributed by atoms with Crippen LogP contribution in [0.15, 0.2) is 53.3 Å². The summed E-state index contributed by atoms with van der Waals surface area (Å²) in [4.78, 5) is 33.6. The highest BCUT2D eigenvalue weighted by molar-refractivity contribution is 7.92. The van der Waals surface area contributed by atoms with E-state index in [0.29, 0.717) is 16.5 Å². The Hall–Kier alpha value is -5.63. The Morgan fingerprint density at radius 3 is 2.44 bits per heavy atom. The number of ether oxygens (including phenoxy) is 1. The summed E-state index contributed by atoms with van der Waals surface area (Å²) in [7, 11) is -2.45. The number of fused-ring (bicyclic) bond motifs is 5. The van der Waals surface area contributed by atoms with Crippen LogP contribution in [0.5, 0.6) is 5.75 Å². The minimum Gasteiger partial charge on any atom is -0.491 e. The molecule has 2 aliphatic carbocycles. The third kappa shape index (κ3) is 7.25. The number of aromatic nitrogens is 6. The van der Waals surface area contributed by atoms with Gasteiger partial charge >= 0.3 is 0 Å². The van der Waals surface area contributed by atoms with Crippen LogP contribution >= 0.6 is 11.6 Å². The summed E-state index contributed by atoms with van der Waals surface area (Å²) in [6.45, 7) is 2.57. The second-order valence-electron chi connectivity index (χ2n) is 14.9. The predicted octanol–water partition coefficient (Wildman–Crippen LogP) is 6.81. The number of anilines is 1. The molecule has 2 N–H and O–H groups in total. The van der Waals surface area contributed by atoms with Gasteiger partial charge in [-0.25, -0.2) is 31.0 Å². The van der Waals surface area contributed by atoms with Gasteiger partial charge < -0.3 is 10.1 Å². The van der Waals surface area contributed by atoms with Crippen molar-refractivity contribution in [3.63, 3.8) is 0 Å². The molecule has 13 nitrogen and oxygen atoms in total. The molecule has 1 amide bonds. The number of sulfonamides is 1. The first-order chi connectivity index (χ1) is 27.7. The number of benzene rings is 3. The lowest BCUT2D eigenvalue weighted by atomic mass is 10.0. The predicted molar refractivity (Wildman–Crippen MR) is 204 cm³/mol. The van der Waals surface area contributed by atoms with Crippen molar-refractivity contribution in [3.05, 3.63) is 104 Å². The molecule has 1 fully saturated rings. The smallest absolute Gasteiger partial charge is 0.293 e. The summed E-state index contributed by atoms with van der Waals surface area (Å²) < 4.78 is 124. The molecule has 1 saturated carbocycles. The van der Waals surface area contributed by atoms with Crippen molar-refractivity contribution < 1.29 is 44.3 Å². The van der Waals surface area contributed by atoms with Gasteiger partial charge in [-0.15, -0.1) is 0 Å². The van der Waals surface area contributed by atoms with Gasteiger partial charge in [-0.3, -0.25) is 28.2 Å². The lowest BCUT2D eigenvalue weighted by Crippen LogP contribution is -2.38. The molecule has 0 bridgehead atoms. The molecule has 2 aliphatic rings. The topological polar surface area (TPSA) is 155 Å². The van der Waals surface area contributed by atoms with E-state index in [0.717, 1.165) is 23.0 Å². The average Bonchev–Trinajstić information content (AvgIpc) is 3.66. The molecule has 21 heteroatoms. The summed E-state index contributed by atoms with van der Waals surface area (Å²) in [6, 6.07) is 8.32. The highest BCUT2D eigenvalue weighted by Crippen LogP contribution is 2.68. The SMILES string of the molecule is CC(C)Oc1ccc2c(=O)n(-c3ccc(Cl)c4c(NS(C)(=O)=O)nn(C)c34)c([C@H](Cc3cc(F)cc(F)c3)NC(=O)Cn3nc(C(F)F)c4c3C(F)(F)[C@@H]3C[C@H]43)nc2c1. The van der Waals surface area contributed by atoms with Crippen LogP contribution in [0.1, 0.15) is 67.0 Å². The number of nitrogens with one attached hydrogen (secondary N) is 2. The summed E-state index contributed by atoms with van der Waals surface area (Å²) in [6.07, 6.45) is -3.05. The maximum absolute atomic E-state index is 15.5. The zero-order chi connectivity index (χ0) is 42.5. The lowest BCUT2D eigenvalue weighted by molar-refractivity contribution is -0.123. The first-order valence-corrected chi connectivity index (χ1v) is 20.4. The van der Waals surface area contributed by atoms with Crippen LogP contribution in [0.25, 0.3) is 27.5 Å². The minimum atomic E-state index is -3.90. The van der Waals surface area contributed by atoms with Crippen LogP contribution in [0.4, 0.5) is 32.2 Å². The van der Waals surface area contributed by atoms with Gasteiger partial charge in [-0.1, -0.05) is 11.6 Å². The highest BCUT2D eigenvalue weighted by Gasteiger charge is 2.67. The molecule has 310 valence electrons. The van der Waals surface area contributed by atoms with E-state index in [1.807, 2.05) is 0 Å². The van der Waals surface area contributed by atoms with E-state index in [4.69, 9.17) is 21.3 Å². The van der Waals surface area contributed by atoms with E-state index in [-0.39, 0.29) is 67.8 Å². The van der Waals surface area contributed by atoms with Crippen molar-refractivity contribution in [1.82, 2.24) is 34.4 Å². The second-order valence-corrected chi connectivity index (χ2v) is 17.0. The van der Waals surface area contributed by atoms with Gasteiger partial charge in [-0.05, 0) is 68.1 Å². The normalized spacial score (nSPS) is 17.4. The molecule has 0 saturated heterocycles. The second kappa shape index (κ2) is 14.3. The number of nitrogens with zero attached hydrogens (tertiary/aromatic N) is 6. The number of alkyl halides is 4. The third-order valence-electron chi connectivity index (χ3n) is 10.1.